The number of ether oxygens (including phenoxy) is 3. The molecule has 0 N–H and O–H groups in total. The minimum absolute atomic E-state index is 0.123. The molecule has 5 heteroatoms. The molecule has 2 aliphatic rings. The van der Waals surface area contributed by atoms with Crippen molar-refractivity contribution >= 4 is 11.9 Å². The van der Waals surface area contributed by atoms with Gasteiger partial charge < -0.3 is 14.2 Å². The second-order valence-electron chi connectivity index (χ2n) is 15.8. The molecule has 49 heavy (non-hydrogen) atoms. The van der Waals surface area contributed by atoms with Crippen molar-refractivity contribution in [1.82, 2.24) is 0 Å². The maximum atomic E-state index is 13.0. The van der Waals surface area contributed by atoms with Gasteiger partial charge in [0.25, 0.3) is 0 Å². The first-order valence-corrected chi connectivity index (χ1v) is 22.2. The van der Waals surface area contributed by atoms with E-state index in [1.54, 1.807) is 0 Å². The second kappa shape index (κ2) is 31.6. The Hall–Kier alpha value is -1.10. The molecule has 0 aromatic heterocycles. The number of esters is 2. The molecule has 4 unspecified atom stereocenters. The van der Waals surface area contributed by atoms with Gasteiger partial charge in [0.2, 0.25) is 0 Å². The predicted molar refractivity (Wildman–Crippen MR) is 206 cm³/mol. The van der Waals surface area contributed by atoms with E-state index in [1.165, 1.54) is 180 Å². The number of fused-ring (bicyclic) bond motifs is 1. The molecule has 1 saturated heterocycles. The van der Waals surface area contributed by atoms with Crippen LogP contribution in [-0.2, 0) is 23.8 Å². The maximum absolute atomic E-state index is 13.0. The van der Waals surface area contributed by atoms with Gasteiger partial charge >= 0.3 is 11.9 Å². The van der Waals surface area contributed by atoms with Crippen LogP contribution in [0, 0.1) is 11.8 Å². The zero-order valence-electron chi connectivity index (χ0n) is 32.8. The summed E-state index contributed by atoms with van der Waals surface area (Å²) in [6.07, 6.45) is 43.9. The highest BCUT2D eigenvalue weighted by Gasteiger charge is 2.53. The molecule has 1 aliphatic carbocycles. The Kier molecular flexibility index (Phi) is 28.4. The summed E-state index contributed by atoms with van der Waals surface area (Å²) in [4.78, 5) is 26.0. The van der Waals surface area contributed by atoms with E-state index in [2.05, 4.69) is 13.8 Å². The number of hydrogen-bond donors (Lipinski definition) is 0. The Morgan fingerprint density at radius 2 is 0.612 bits per heavy atom. The summed E-state index contributed by atoms with van der Waals surface area (Å²) in [6, 6.07) is 0. The molecule has 1 saturated carbocycles. The number of epoxide rings is 1. The Labute approximate surface area is 304 Å². The van der Waals surface area contributed by atoms with Gasteiger partial charge in [0, 0.05) is 0 Å². The molecule has 0 bridgehead atoms. The Morgan fingerprint density at radius 3 is 0.857 bits per heavy atom. The van der Waals surface area contributed by atoms with E-state index in [0.29, 0.717) is 26.1 Å². The molecule has 0 spiro atoms. The maximum Gasteiger partial charge on any atom is 0.309 e. The monoisotopic (exact) mass is 691 g/mol. The van der Waals surface area contributed by atoms with Crippen LogP contribution in [0.3, 0.4) is 0 Å². The van der Waals surface area contributed by atoms with Crippen molar-refractivity contribution < 1.29 is 23.8 Å². The number of carbonyl (C=O) groups is 2. The summed E-state index contributed by atoms with van der Waals surface area (Å²) in [5.74, 6) is -1.27. The SMILES string of the molecule is CCCCCCCCCCCCCCCCCCOC(=O)C1CC2OC2CC1C(=O)OCCCCCCCCCCCCCCCCCC. The van der Waals surface area contributed by atoms with Crippen LogP contribution in [0.25, 0.3) is 0 Å². The molecule has 0 radical (unpaired) electrons. The van der Waals surface area contributed by atoms with Crippen LogP contribution < -0.4 is 0 Å². The number of rotatable bonds is 36. The van der Waals surface area contributed by atoms with E-state index < -0.39 is 11.8 Å². The minimum Gasteiger partial charge on any atom is -0.465 e. The average Bonchev–Trinajstić information content (AvgIpc) is 3.89. The van der Waals surface area contributed by atoms with E-state index in [-0.39, 0.29) is 24.1 Å². The number of unbranched alkanes of at least 4 members (excludes halogenated alkanes) is 30. The summed E-state index contributed by atoms with van der Waals surface area (Å²) < 4.78 is 17.1. The van der Waals surface area contributed by atoms with Crippen LogP contribution in [0.1, 0.15) is 232 Å². The third-order valence-electron chi connectivity index (χ3n) is 11.2. The fourth-order valence-corrected chi connectivity index (χ4v) is 7.80. The van der Waals surface area contributed by atoms with Gasteiger partial charge in [-0.1, -0.05) is 206 Å². The fraction of sp³-hybridized carbons (Fsp3) is 0.955. The highest BCUT2D eigenvalue weighted by molar-refractivity contribution is 5.82. The third kappa shape index (κ3) is 23.9. The molecule has 5 nitrogen and oxygen atoms in total. The minimum atomic E-state index is -0.414. The van der Waals surface area contributed by atoms with Crippen molar-refractivity contribution in [3.8, 4) is 0 Å². The zero-order valence-corrected chi connectivity index (χ0v) is 32.8. The Morgan fingerprint density at radius 1 is 0.388 bits per heavy atom. The molecule has 0 aromatic rings. The lowest BCUT2D eigenvalue weighted by atomic mass is 9.79. The normalized spacial score (nSPS) is 19.9. The van der Waals surface area contributed by atoms with Crippen LogP contribution in [0.2, 0.25) is 0 Å². The van der Waals surface area contributed by atoms with Gasteiger partial charge in [0.05, 0.1) is 37.3 Å². The van der Waals surface area contributed by atoms with Gasteiger partial charge in [-0.3, -0.25) is 9.59 Å². The molecule has 288 valence electrons. The van der Waals surface area contributed by atoms with E-state index in [4.69, 9.17) is 14.2 Å². The summed E-state index contributed by atoms with van der Waals surface area (Å²) in [5.41, 5.74) is 0. The lowest BCUT2D eigenvalue weighted by molar-refractivity contribution is -0.162. The van der Waals surface area contributed by atoms with Crippen molar-refractivity contribution in [3.63, 3.8) is 0 Å². The summed E-state index contributed by atoms with van der Waals surface area (Å²) in [7, 11) is 0. The first-order chi connectivity index (χ1) is 24.2. The summed E-state index contributed by atoms with van der Waals surface area (Å²) in [5, 5.41) is 0. The van der Waals surface area contributed by atoms with Crippen LogP contribution in [0.15, 0.2) is 0 Å². The van der Waals surface area contributed by atoms with E-state index in [0.717, 1.165) is 25.7 Å². The van der Waals surface area contributed by atoms with Crippen molar-refractivity contribution in [1.29, 1.82) is 0 Å². The lowest BCUT2D eigenvalue weighted by Gasteiger charge is -2.26. The van der Waals surface area contributed by atoms with E-state index >= 15 is 0 Å². The molecule has 1 aliphatic heterocycles. The first-order valence-electron chi connectivity index (χ1n) is 22.2. The topological polar surface area (TPSA) is 65.1 Å². The third-order valence-corrected chi connectivity index (χ3v) is 11.2. The molecule has 2 rings (SSSR count). The molecular weight excluding hydrogens is 608 g/mol. The summed E-state index contributed by atoms with van der Waals surface area (Å²) >= 11 is 0. The van der Waals surface area contributed by atoms with Gasteiger partial charge in [0.15, 0.2) is 0 Å². The van der Waals surface area contributed by atoms with Crippen molar-refractivity contribution in [3.05, 3.63) is 0 Å². The molecule has 0 aromatic carbocycles. The van der Waals surface area contributed by atoms with Crippen LogP contribution >= 0.6 is 0 Å². The molecule has 4 atom stereocenters. The van der Waals surface area contributed by atoms with Gasteiger partial charge in [-0.05, 0) is 25.7 Å². The lowest BCUT2D eigenvalue weighted by Crippen LogP contribution is -2.37. The first kappa shape index (κ1) is 44.1. The molecular formula is C44H82O5. The molecule has 1 heterocycles. The van der Waals surface area contributed by atoms with Gasteiger partial charge in [-0.2, -0.15) is 0 Å². The quantitative estimate of drug-likeness (QED) is 0.0372. The van der Waals surface area contributed by atoms with Crippen molar-refractivity contribution in [2.45, 2.75) is 244 Å². The van der Waals surface area contributed by atoms with Crippen LogP contribution in [-0.4, -0.2) is 37.4 Å². The van der Waals surface area contributed by atoms with Crippen LogP contribution in [0.5, 0.6) is 0 Å². The van der Waals surface area contributed by atoms with E-state index in [1.807, 2.05) is 0 Å². The molecule has 2 fully saturated rings. The van der Waals surface area contributed by atoms with Crippen molar-refractivity contribution in [2.75, 3.05) is 13.2 Å². The zero-order chi connectivity index (χ0) is 35.0. The van der Waals surface area contributed by atoms with E-state index in [9.17, 15) is 9.59 Å². The smallest absolute Gasteiger partial charge is 0.309 e. The number of carbonyl (C=O) groups excluding carboxylic acids is 2. The molecule has 0 amide bonds. The largest absolute Gasteiger partial charge is 0.465 e. The fourth-order valence-electron chi connectivity index (χ4n) is 7.80. The van der Waals surface area contributed by atoms with Crippen LogP contribution in [0.4, 0.5) is 0 Å². The van der Waals surface area contributed by atoms with Gasteiger partial charge in [0.1, 0.15) is 0 Å². The highest BCUT2D eigenvalue weighted by atomic mass is 16.6. The predicted octanol–water partition coefficient (Wildman–Crippen LogP) is 13.4. The summed E-state index contributed by atoms with van der Waals surface area (Å²) in [6.45, 7) is 5.49. The van der Waals surface area contributed by atoms with Gasteiger partial charge in [-0.25, -0.2) is 0 Å². The highest BCUT2D eigenvalue weighted by Crippen LogP contribution is 2.44. The Bertz CT molecular complexity index is 706. The standard InChI is InChI=1S/C44H82O5/c1-3-5-7-9-11-13-15-17-19-21-23-25-27-29-31-33-35-47-43(45)39-37-41-42(49-41)38-40(39)44(46)48-36-34-32-30-28-26-24-22-20-18-16-14-12-10-8-6-4-2/h39-42H,3-38H2,1-2H3. The van der Waals surface area contributed by atoms with Gasteiger partial charge in [-0.15, -0.1) is 0 Å². The average molecular weight is 691 g/mol. The number of hydrogen-bond acceptors (Lipinski definition) is 5. The van der Waals surface area contributed by atoms with Crippen molar-refractivity contribution in [2.24, 2.45) is 11.8 Å². The second-order valence-corrected chi connectivity index (χ2v) is 15.8. The Balaban J connectivity index is 1.39.